The Balaban J connectivity index is 2.02. The Morgan fingerprint density at radius 3 is 2.56 bits per heavy atom. The number of nitrogens with one attached hydrogen (secondary N) is 1. The van der Waals surface area contributed by atoms with Crippen LogP contribution in [0.5, 0.6) is 0 Å². The van der Waals surface area contributed by atoms with E-state index in [0.717, 1.165) is 0 Å². The summed E-state index contributed by atoms with van der Waals surface area (Å²) >= 11 is 1.35. The maximum atomic E-state index is 11.7. The molecule has 2 N–H and O–H groups in total. The van der Waals surface area contributed by atoms with Crippen molar-refractivity contribution in [1.82, 2.24) is 4.98 Å². The number of rotatable bonds is 4. The fraction of sp³-hybridized carbons (Fsp3) is 0.0833. The van der Waals surface area contributed by atoms with Crippen molar-refractivity contribution in [1.29, 1.82) is 0 Å². The van der Waals surface area contributed by atoms with Crippen molar-refractivity contribution in [3.63, 3.8) is 0 Å². The van der Waals surface area contributed by atoms with E-state index in [1.54, 1.807) is 35.2 Å². The zero-order chi connectivity index (χ0) is 13.0. The Morgan fingerprint density at radius 2 is 2.00 bits per heavy atom. The first-order chi connectivity index (χ1) is 8.65. The molecular weight excluding hydrogens is 252 g/mol. The van der Waals surface area contributed by atoms with Crippen molar-refractivity contribution in [2.75, 3.05) is 5.32 Å². The highest BCUT2D eigenvalue weighted by Gasteiger charge is 2.07. The number of nitrogens with zero attached hydrogens (tertiary/aromatic N) is 1. The van der Waals surface area contributed by atoms with Gasteiger partial charge in [-0.2, -0.15) is 0 Å². The van der Waals surface area contributed by atoms with Crippen LogP contribution in [-0.4, -0.2) is 22.0 Å². The monoisotopic (exact) mass is 262 g/mol. The molecule has 0 atom stereocenters. The van der Waals surface area contributed by atoms with E-state index in [2.05, 4.69) is 10.3 Å². The van der Waals surface area contributed by atoms with E-state index in [9.17, 15) is 9.59 Å². The van der Waals surface area contributed by atoms with Crippen molar-refractivity contribution in [3.8, 4) is 0 Å². The van der Waals surface area contributed by atoms with Gasteiger partial charge in [-0.05, 0) is 17.7 Å². The predicted octanol–water partition coefficient (Wildman–Crippen LogP) is 2.02. The van der Waals surface area contributed by atoms with Crippen LogP contribution in [0.1, 0.15) is 16.1 Å². The molecule has 0 saturated carbocycles. The molecule has 0 unspecified atom stereocenters. The van der Waals surface area contributed by atoms with Gasteiger partial charge in [-0.3, -0.25) is 9.59 Å². The lowest BCUT2D eigenvalue weighted by Gasteiger charge is -2.04. The van der Waals surface area contributed by atoms with Gasteiger partial charge in [-0.15, -0.1) is 11.3 Å². The predicted molar refractivity (Wildman–Crippen MR) is 67.8 cm³/mol. The molecular formula is C12H10N2O3S. The third kappa shape index (κ3) is 3.14. The van der Waals surface area contributed by atoms with Gasteiger partial charge in [0.25, 0.3) is 5.91 Å². The summed E-state index contributed by atoms with van der Waals surface area (Å²) in [5.74, 6) is -1.16. The molecule has 1 aromatic carbocycles. The summed E-state index contributed by atoms with van der Waals surface area (Å²) in [6.07, 6.45) is -0.0275. The lowest BCUT2D eigenvalue weighted by atomic mass is 10.1. The highest BCUT2D eigenvalue weighted by atomic mass is 32.1. The van der Waals surface area contributed by atoms with Crippen molar-refractivity contribution in [2.24, 2.45) is 0 Å². The van der Waals surface area contributed by atoms with Crippen molar-refractivity contribution in [2.45, 2.75) is 6.42 Å². The summed E-state index contributed by atoms with van der Waals surface area (Å²) in [5, 5.41) is 13.0. The summed E-state index contributed by atoms with van der Waals surface area (Å²) < 4.78 is 0. The Kier molecular flexibility index (Phi) is 3.69. The van der Waals surface area contributed by atoms with Crippen LogP contribution in [0.3, 0.4) is 0 Å². The number of carbonyl (C=O) groups excluding carboxylic acids is 1. The number of carbonyl (C=O) groups is 2. The average molecular weight is 262 g/mol. The molecule has 1 amide bonds. The van der Waals surface area contributed by atoms with Gasteiger partial charge < -0.3 is 10.4 Å². The number of aromatic nitrogens is 1. The minimum Gasteiger partial charge on any atom is -0.481 e. The molecule has 0 bridgehead atoms. The number of hydrogen-bond donors (Lipinski definition) is 2. The van der Waals surface area contributed by atoms with E-state index < -0.39 is 5.97 Å². The number of amides is 1. The molecule has 0 spiro atoms. The number of thiazole rings is 1. The molecule has 0 aliphatic heterocycles. The molecule has 0 saturated heterocycles. The largest absolute Gasteiger partial charge is 0.481 e. The van der Waals surface area contributed by atoms with E-state index >= 15 is 0 Å². The van der Waals surface area contributed by atoms with Crippen LogP contribution < -0.4 is 5.32 Å². The molecule has 1 aromatic heterocycles. The molecule has 18 heavy (non-hydrogen) atoms. The Bertz CT molecular complexity index is 549. The topological polar surface area (TPSA) is 79.3 Å². The van der Waals surface area contributed by atoms with Crippen molar-refractivity contribution in [3.05, 3.63) is 46.4 Å². The van der Waals surface area contributed by atoms with Gasteiger partial charge >= 0.3 is 5.97 Å². The third-order valence-corrected chi connectivity index (χ3v) is 2.82. The average Bonchev–Trinajstić information content (AvgIpc) is 2.84. The van der Waals surface area contributed by atoms with E-state index in [0.29, 0.717) is 16.9 Å². The van der Waals surface area contributed by atoms with Gasteiger partial charge in [0.15, 0.2) is 0 Å². The van der Waals surface area contributed by atoms with E-state index in [-0.39, 0.29) is 12.3 Å². The quantitative estimate of drug-likeness (QED) is 0.883. The lowest BCUT2D eigenvalue weighted by Crippen LogP contribution is -2.12. The Hall–Kier alpha value is -2.21. The van der Waals surface area contributed by atoms with Crippen LogP contribution in [0.4, 0.5) is 5.69 Å². The van der Waals surface area contributed by atoms with Gasteiger partial charge in [0.2, 0.25) is 0 Å². The minimum absolute atomic E-state index is 0.0275. The molecule has 0 fully saturated rings. The number of carboxylic acid groups (broad SMARTS) is 1. The van der Waals surface area contributed by atoms with Crippen LogP contribution in [0.15, 0.2) is 35.2 Å². The normalized spacial score (nSPS) is 10.0. The molecule has 5 nitrogen and oxygen atoms in total. The summed E-state index contributed by atoms with van der Waals surface area (Å²) in [6, 6.07) is 6.68. The molecule has 0 radical (unpaired) electrons. The highest BCUT2D eigenvalue weighted by molar-refractivity contribution is 7.07. The van der Waals surface area contributed by atoms with Crippen LogP contribution in [-0.2, 0) is 11.2 Å². The highest BCUT2D eigenvalue weighted by Crippen LogP contribution is 2.12. The second-order valence-corrected chi connectivity index (χ2v) is 4.31. The van der Waals surface area contributed by atoms with Gasteiger partial charge in [0.05, 0.1) is 11.9 Å². The molecule has 0 aliphatic carbocycles. The first-order valence-corrected chi connectivity index (χ1v) is 6.10. The third-order valence-electron chi connectivity index (χ3n) is 2.23. The lowest BCUT2D eigenvalue weighted by molar-refractivity contribution is -0.136. The van der Waals surface area contributed by atoms with Crippen molar-refractivity contribution < 1.29 is 14.7 Å². The second kappa shape index (κ2) is 5.42. The van der Waals surface area contributed by atoms with Crippen molar-refractivity contribution >= 4 is 28.9 Å². The SMILES string of the molecule is O=C(O)Cc1ccc(NC(=O)c2cscn2)cc1. The fourth-order valence-electron chi connectivity index (χ4n) is 1.40. The maximum absolute atomic E-state index is 11.7. The molecule has 0 aliphatic rings. The van der Waals surface area contributed by atoms with Gasteiger partial charge in [-0.25, -0.2) is 4.98 Å². The number of carboxylic acids is 1. The molecule has 6 heteroatoms. The summed E-state index contributed by atoms with van der Waals surface area (Å²) in [4.78, 5) is 26.1. The molecule has 2 aromatic rings. The van der Waals surface area contributed by atoms with Crippen LogP contribution in [0, 0.1) is 0 Å². The van der Waals surface area contributed by atoms with Gasteiger partial charge in [-0.1, -0.05) is 12.1 Å². The van der Waals surface area contributed by atoms with E-state index in [4.69, 9.17) is 5.11 Å². The number of benzene rings is 1. The number of hydrogen-bond acceptors (Lipinski definition) is 4. The second-order valence-electron chi connectivity index (χ2n) is 3.60. The summed E-state index contributed by atoms with van der Waals surface area (Å²) in [6.45, 7) is 0. The Morgan fingerprint density at radius 1 is 1.28 bits per heavy atom. The summed E-state index contributed by atoms with van der Waals surface area (Å²) in [5.41, 5.74) is 3.26. The Labute approximate surface area is 107 Å². The fourth-order valence-corrected chi connectivity index (χ4v) is 1.93. The zero-order valence-electron chi connectivity index (χ0n) is 9.29. The van der Waals surface area contributed by atoms with Crippen LogP contribution in [0.25, 0.3) is 0 Å². The standard InChI is InChI=1S/C12H10N2O3S/c15-11(16)5-8-1-3-9(4-2-8)14-12(17)10-6-18-7-13-10/h1-4,6-7H,5H2,(H,14,17)(H,15,16). The van der Waals surface area contributed by atoms with E-state index in [1.807, 2.05) is 0 Å². The van der Waals surface area contributed by atoms with Crippen LogP contribution >= 0.6 is 11.3 Å². The van der Waals surface area contributed by atoms with Gasteiger partial charge in [0.1, 0.15) is 5.69 Å². The number of anilines is 1. The first-order valence-electron chi connectivity index (χ1n) is 5.15. The zero-order valence-corrected chi connectivity index (χ0v) is 10.1. The van der Waals surface area contributed by atoms with Gasteiger partial charge in [0, 0.05) is 11.1 Å². The van der Waals surface area contributed by atoms with Crippen LogP contribution in [0.2, 0.25) is 0 Å². The maximum Gasteiger partial charge on any atom is 0.307 e. The van der Waals surface area contributed by atoms with E-state index in [1.165, 1.54) is 11.3 Å². The molecule has 92 valence electrons. The minimum atomic E-state index is -0.880. The number of aliphatic carboxylic acids is 1. The smallest absolute Gasteiger partial charge is 0.307 e. The summed E-state index contributed by atoms with van der Waals surface area (Å²) in [7, 11) is 0. The molecule has 1 heterocycles. The first kappa shape index (κ1) is 12.3. The molecule has 2 rings (SSSR count).